The van der Waals surface area contributed by atoms with Crippen molar-refractivity contribution in [3.05, 3.63) is 36.5 Å². The summed E-state index contributed by atoms with van der Waals surface area (Å²) in [6, 6.07) is 2.13. The molecule has 0 fully saturated rings. The summed E-state index contributed by atoms with van der Waals surface area (Å²) < 4.78 is 0. The SMILES string of the molecule is CN1[CH]N(c2nc(C(C)(C)C)cc(C(C)(C)C)n2)C=C1. The van der Waals surface area contributed by atoms with Gasteiger partial charge in [-0.15, -0.1) is 0 Å². The molecule has 1 aromatic heterocycles. The average Bonchev–Trinajstić information content (AvgIpc) is 2.73. The molecule has 1 aromatic rings. The van der Waals surface area contributed by atoms with E-state index in [4.69, 9.17) is 9.97 Å². The van der Waals surface area contributed by atoms with E-state index in [9.17, 15) is 0 Å². The molecular formula is C16H25N4. The highest BCUT2D eigenvalue weighted by molar-refractivity contribution is 5.43. The standard InChI is InChI=1S/C16H25N4/c1-15(2,3)12-10-13(16(4,5)6)18-14(17-12)20-9-8-19(7)11-20/h8-11H,1-7H3. The van der Waals surface area contributed by atoms with E-state index < -0.39 is 0 Å². The highest BCUT2D eigenvalue weighted by Gasteiger charge is 2.25. The second-order valence-corrected chi connectivity index (χ2v) is 7.42. The molecule has 0 amide bonds. The predicted octanol–water partition coefficient (Wildman–Crippen LogP) is 3.41. The second kappa shape index (κ2) is 4.76. The van der Waals surface area contributed by atoms with Gasteiger partial charge in [0, 0.05) is 30.3 Å². The van der Waals surface area contributed by atoms with Gasteiger partial charge in [0.2, 0.25) is 5.95 Å². The third-order valence-electron chi connectivity index (χ3n) is 3.25. The maximum Gasteiger partial charge on any atom is 0.231 e. The van der Waals surface area contributed by atoms with Gasteiger partial charge in [-0.05, 0) is 6.07 Å². The van der Waals surface area contributed by atoms with E-state index >= 15 is 0 Å². The Morgan fingerprint density at radius 3 is 1.70 bits per heavy atom. The van der Waals surface area contributed by atoms with Crippen LogP contribution >= 0.6 is 0 Å². The number of hydrogen-bond acceptors (Lipinski definition) is 4. The fraction of sp³-hybridized carbons (Fsp3) is 0.562. The van der Waals surface area contributed by atoms with Gasteiger partial charge in [-0.3, -0.25) is 4.90 Å². The van der Waals surface area contributed by atoms with Crippen LogP contribution in [0, 0.1) is 6.67 Å². The molecule has 0 saturated heterocycles. The zero-order chi connectivity index (χ0) is 15.1. The maximum absolute atomic E-state index is 4.74. The molecule has 0 saturated carbocycles. The topological polar surface area (TPSA) is 32.3 Å². The van der Waals surface area contributed by atoms with Crippen molar-refractivity contribution in [2.24, 2.45) is 0 Å². The van der Waals surface area contributed by atoms with Crippen molar-refractivity contribution in [2.45, 2.75) is 52.4 Å². The van der Waals surface area contributed by atoms with E-state index in [1.54, 1.807) is 0 Å². The van der Waals surface area contributed by atoms with Gasteiger partial charge in [0.25, 0.3) is 0 Å². The molecule has 1 aliphatic rings. The Bertz CT molecular complexity index is 488. The number of hydrogen-bond donors (Lipinski definition) is 0. The molecule has 2 heterocycles. The Hall–Kier alpha value is -1.58. The largest absolute Gasteiger partial charge is 0.355 e. The van der Waals surface area contributed by atoms with Crippen LogP contribution in [-0.2, 0) is 10.8 Å². The van der Waals surface area contributed by atoms with Crippen molar-refractivity contribution in [1.82, 2.24) is 14.9 Å². The van der Waals surface area contributed by atoms with Crippen LogP contribution < -0.4 is 4.90 Å². The summed E-state index contributed by atoms with van der Waals surface area (Å²) in [6.45, 7) is 15.1. The minimum atomic E-state index is 0.00697. The zero-order valence-corrected chi connectivity index (χ0v) is 13.6. The first-order valence-electron chi connectivity index (χ1n) is 7.01. The Labute approximate surface area is 122 Å². The van der Waals surface area contributed by atoms with E-state index in [1.807, 2.05) is 35.9 Å². The van der Waals surface area contributed by atoms with Crippen LogP contribution in [0.2, 0.25) is 0 Å². The lowest BCUT2D eigenvalue weighted by atomic mass is 9.86. The number of aromatic nitrogens is 2. The van der Waals surface area contributed by atoms with E-state index in [2.05, 4.69) is 47.6 Å². The zero-order valence-electron chi connectivity index (χ0n) is 13.6. The fourth-order valence-corrected chi connectivity index (χ4v) is 1.89. The molecule has 1 aliphatic heterocycles. The summed E-state index contributed by atoms with van der Waals surface area (Å²) in [7, 11) is 1.99. The maximum atomic E-state index is 4.74. The third kappa shape index (κ3) is 3.11. The Kier molecular flexibility index (Phi) is 3.53. The molecule has 0 bridgehead atoms. The minimum Gasteiger partial charge on any atom is -0.355 e. The van der Waals surface area contributed by atoms with Crippen LogP contribution in [0.25, 0.3) is 0 Å². The van der Waals surface area contributed by atoms with Gasteiger partial charge in [-0.25, -0.2) is 9.97 Å². The van der Waals surface area contributed by atoms with Gasteiger partial charge in [-0.1, -0.05) is 41.5 Å². The van der Waals surface area contributed by atoms with Crippen LogP contribution in [-0.4, -0.2) is 21.9 Å². The first kappa shape index (κ1) is 14.8. The Morgan fingerprint density at radius 2 is 1.35 bits per heavy atom. The molecular weight excluding hydrogens is 248 g/mol. The van der Waals surface area contributed by atoms with Gasteiger partial charge in [-0.2, -0.15) is 0 Å². The van der Waals surface area contributed by atoms with Crippen LogP contribution in [0.15, 0.2) is 18.5 Å². The molecule has 0 aliphatic carbocycles. The van der Waals surface area contributed by atoms with Crippen molar-refractivity contribution >= 4 is 5.95 Å². The number of anilines is 1. The van der Waals surface area contributed by atoms with Gasteiger partial charge >= 0.3 is 0 Å². The summed E-state index contributed by atoms with van der Waals surface area (Å²) in [6.07, 6.45) is 3.97. The highest BCUT2D eigenvalue weighted by atomic mass is 15.4. The molecule has 2 rings (SSSR count). The van der Waals surface area contributed by atoms with Crippen molar-refractivity contribution < 1.29 is 0 Å². The lowest BCUT2D eigenvalue weighted by Crippen LogP contribution is -2.24. The summed E-state index contributed by atoms with van der Waals surface area (Å²) in [5.41, 5.74) is 2.16. The molecule has 0 atom stereocenters. The summed E-state index contributed by atoms with van der Waals surface area (Å²) >= 11 is 0. The molecule has 1 radical (unpaired) electrons. The van der Waals surface area contributed by atoms with Gasteiger partial charge in [0.15, 0.2) is 0 Å². The van der Waals surface area contributed by atoms with Crippen LogP contribution in [0.4, 0.5) is 5.95 Å². The van der Waals surface area contributed by atoms with E-state index in [-0.39, 0.29) is 10.8 Å². The minimum absolute atomic E-state index is 0.00697. The monoisotopic (exact) mass is 273 g/mol. The molecule has 109 valence electrons. The van der Waals surface area contributed by atoms with E-state index in [0.717, 1.165) is 17.3 Å². The van der Waals surface area contributed by atoms with Crippen molar-refractivity contribution in [3.63, 3.8) is 0 Å². The van der Waals surface area contributed by atoms with Gasteiger partial charge in [0.1, 0.15) is 6.67 Å². The van der Waals surface area contributed by atoms with Gasteiger partial charge < -0.3 is 4.90 Å². The number of rotatable bonds is 1. The van der Waals surface area contributed by atoms with Crippen LogP contribution in [0.3, 0.4) is 0 Å². The second-order valence-electron chi connectivity index (χ2n) is 7.42. The summed E-state index contributed by atoms with van der Waals surface area (Å²) in [4.78, 5) is 13.4. The molecule has 4 nitrogen and oxygen atoms in total. The quantitative estimate of drug-likeness (QED) is 0.785. The van der Waals surface area contributed by atoms with Crippen LogP contribution in [0.1, 0.15) is 52.9 Å². The van der Waals surface area contributed by atoms with Crippen LogP contribution in [0.5, 0.6) is 0 Å². The molecule has 0 spiro atoms. The van der Waals surface area contributed by atoms with Crippen molar-refractivity contribution in [2.75, 3.05) is 11.9 Å². The molecule has 0 unspecified atom stereocenters. The fourth-order valence-electron chi connectivity index (χ4n) is 1.89. The molecule has 20 heavy (non-hydrogen) atoms. The van der Waals surface area contributed by atoms with Gasteiger partial charge in [0.05, 0.1) is 11.4 Å². The normalized spacial score (nSPS) is 16.1. The Balaban J connectivity index is 2.49. The predicted molar refractivity (Wildman–Crippen MR) is 83.1 cm³/mol. The lowest BCUT2D eigenvalue weighted by molar-refractivity contribution is 0.533. The summed E-state index contributed by atoms with van der Waals surface area (Å²) in [5.74, 6) is 0.739. The van der Waals surface area contributed by atoms with E-state index in [0.29, 0.717) is 0 Å². The first-order chi connectivity index (χ1) is 9.07. The summed E-state index contributed by atoms with van der Waals surface area (Å²) in [5, 5.41) is 0. The van der Waals surface area contributed by atoms with Crippen molar-refractivity contribution in [3.8, 4) is 0 Å². The van der Waals surface area contributed by atoms with E-state index in [1.165, 1.54) is 0 Å². The first-order valence-corrected chi connectivity index (χ1v) is 7.01. The highest BCUT2D eigenvalue weighted by Crippen LogP contribution is 2.29. The average molecular weight is 273 g/mol. The third-order valence-corrected chi connectivity index (χ3v) is 3.25. The molecule has 4 heteroatoms. The number of nitrogens with zero attached hydrogens (tertiary/aromatic N) is 4. The lowest BCUT2D eigenvalue weighted by Gasteiger charge is -2.26. The smallest absolute Gasteiger partial charge is 0.231 e. The molecule has 0 aromatic carbocycles. The molecule has 0 N–H and O–H groups in total. The van der Waals surface area contributed by atoms with Crippen molar-refractivity contribution in [1.29, 1.82) is 0 Å². The Morgan fingerprint density at radius 1 is 0.850 bits per heavy atom.